The fourth-order valence-electron chi connectivity index (χ4n) is 5.62. The fraction of sp³-hybridized carbons (Fsp3) is 0.690. The summed E-state index contributed by atoms with van der Waals surface area (Å²) in [5, 5.41) is 31.9. The van der Waals surface area contributed by atoms with Gasteiger partial charge in [-0.1, -0.05) is 12.8 Å². The topological polar surface area (TPSA) is 221 Å². The van der Waals surface area contributed by atoms with Crippen LogP contribution in [0.25, 0.3) is 5.52 Å². The van der Waals surface area contributed by atoms with Gasteiger partial charge >= 0.3 is 19.6 Å². The summed E-state index contributed by atoms with van der Waals surface area (Å²) in [6.07, 6.45) is 4.37. The number of carbonyl (C=O) groups is 2. The number of nitrogens with one attached hydrogen (secondary N) is 2. The van der Waals surface area contributed by atoms with Crippen molar-refractivity contribution in [1.82, 2.24) is 24.8 Å². The number of aliphatic hydroxyl groups is 2. The van der Waals surface area contributed by atoms with E-state index < -0.39 is 62.2 Å². The molecule has 0 bridgehead atoms. The molecular formula is C29H44N7O9P. The molecule has 2 aromatic heterocycles. The highest BCUT2D eigenvalue weighted by atomic mass is 31.2. The van der Waals surface area contributed by atoms with Gasteiger partial charge in [0.25, 0.3) is 0 Å². The lowest BCUT2D eigenvalue weighted by atomic mass is 9.86. The van der Waals surface area contributed by atoms with Crippen LogP contribution in [0.5, 0.6) is 0 Å². The Morgan fingerprint density at radius 3 is 2.24 bits per heavy atom. The number of aromatic nitrogens is 3. The Morgan fingerprint density at radius 2 is 1.72 bits per heavy atom. The van der Waals surface area contributed by atoms with Gasteiger partial charge in [0, 0.05) is 13.3 Å². The van der Waals surface area contributed by atoms with E-state index in [9.17, 15) is 24.4 Å². The molecule has 0 amide bonds. The van der Waals surface area contributed by atoms with Crippen molar-refractivity contribution < 1.29 is 43.1 Å². The van der Waals surface area contributed by atoms with Gasteiger partial charge in [0.1, 0.15) is 42.2 Å². The largest absolute Gasteiger partial charge is 0.464 e. The second-order valence-corrected chi connectivity index (χ2v) is 14.3. The lowest BCUT2D eigenvalue weighted by Gasteiger charge is -2.32. The Hall–Kier alpha value is -2.98. The second kappa shape index (κ2) is 14.4. The van der Waals surface area contributed by atoms with Gasteiger partial charge in [-0.05, 0) is 63.5 Å². The molecule has 2 aliphatic carbocycles. The number of ether oxygens (including phenoxy) is 3. The number of aliphatic hydroxyl groups excluding tert-OH is 2. The Balaban J connectivity index is 1.33. The predicted octanol–water partition coefficient (Wildman–Crippen LogP) is 1.31. The molecule has 0 radical (unpaired) electrons. The average Bonchev–Trinajstić information content (AvgIpc) is 3.50. The number of nitrogens with two attached hydrogens (primary N) is 1. The van der Waals surface area contributed by atoms with Crippen molar-refractivity contribution >= 4 is 37.2 Å². The first-order chi connectivity index (χ1) is 21.9. The fourth-order valence-corrected chi connectivity index (χ4v) is 7.46. The summed E-state index contributed by atoms with van der Waals surface area (Å²) in [5.74, 6) is -0.472. The molecule has 254 valence electrons. The van der Waals surface area contributed by atoms with Gasteiger partial charge in [-0.2, -0.15) is 5.10 Å². The van der Waals surface area contributed by atoms with Crippen LogP contribution in [0, 0.1) is 11.8 Å². The zero-order valence-corrected chi connectivity index (χ0v) is 27.2. The molecule has 2 saturated carbocycles. The van der Waals surface area contributed by atoms with E-state index in [-0.39, 0.29) is 19.0 Å². The molecule has 3 heterocycles. The minimum Gasteiger partial charge on any atom is -0.464 e. The zero-order valence-electron chi connectivity index (χ0n) is 26.3. The normalized spacial score (nSPS) is 26.9. The summed E-state index contributed by atoms with van der Waals surface area (Å²) in [5.41, 5.74) is 4.99. The monoisotopic (exact) mass is 665 g/mol. The number of hydrogen-bond donors (Lipinski definition) is 5. The first kappa shape index (κ1) is 34.4. The summed E-state index contributed by atoms with van der Waals surface area (Å²) < 4.78 is 38.7. The van der Waals surface area contributed by atoms with Gasteiger partial charge in [0.2, 0.25) is 0 Å². The predicted molar refractivity (Wildman–Crippen MR) is 166 cm³/mol. The molecule has 17 heteroatoms. The molecule has 3 aliphatic rings. The molecule has 6 N–H and O–H groups in total. The van der Waals surface area contributed by atoms with Gasteiger partial charge in [-0.25, -0.2) is 19.7 Å². The average molecular weight is 666 g/mol. The van der Waals surface area contributed by atoms with E-state index in [4.69, 9.17) is 24.5 Å². The molecule has 0 aromatic carbocycles. The molecule has 16 nitrogen and oxygen atoms in total. The SMILES string of the molecule is C/N=C\[C@]1(COP(=O)(N[C@@H](C)C(=O)OCC2CCC2)N[C@@H](C)C(=O)OCC2CCC2)O[C@@H](c2ccc3c(N)ncnn23)[C@H](O)[C@@H]1O. The van der Waals surface area contributed by atoms with Gasteiger partial charge in [0.05, 0.1) is 25.5 Å². The Labute approximate surface area is 267 Å². The van der Waals surface area contributed by atoms with Gasteiger partial charge in [0.15, 0.2) is 11.4 Å². The zero-order chi connectivity index (χ0) is 33.1. The number of nitrogen functional groups attached to an aromatic ring is 1. The van der Waals surface area contributed by atoms with Crippen molar-refractivity contribution in [3.05, 3.63) is 24.2 Å². The van der Waals surface area contributed by atoms with Crippen LogP contribution in [0.4, 0.5) is 5.82 Å². The lowest BCUT2D eigenvalue weighted by Crippen LogP contribution is -2.50. The lowest BCUT2D eigenvalue weighted by molar-refractivity contribution is -0.147. The standard InChI is InChI=1S/C29H44N7O9P/c1-17(27(39)42-12-19-6-4-7-19)34-46(41,35-18(2)28(40)43-13-20-8-5-9-20)44-15-29(14-31-3)25(38)23(37)24(45-29)21-10-11-22-26(30)32-16-33-36(21)22/h10-11,14,16-20,23-25,37-38H,4-9,12-13,15H2,1-3H3,(H2,30,32,33)(H2,34,35,41)/b31-14-/t17-,18-,23-,24-,25-,29+/m0/s1. The highest BCUT2D eigenvalue weighted by Crippen LogP contribution is 2.45. The van der Waals surface area contributed by atoms with Crippen LogP contribution in [-0.2, 0) is 32.9 Å². The molecule has 6 atom stereocenters. The summed E-state index contributed by atoms with van der Waals surface area (Å²) in [6, 6.07) is 1.08. The molecule has 0 spiro atoms. The highest BCUT2D eigenvalue weighted by Gasteiger charge is 2.56. The van der Waals surface area contributed by atoms with Crippen LogP contribution < -0.4 is 15.9 Å². The molecule has 1 saturated heterocycles. The van der Waals surface area contributed by atoms with E-state index in [2.05, 4.69) is 25.2 Å². The Morgan fingerprint density at radius 1 is 1.13 bits per heavy atom. The number of nitrogens with zero attached hydrogens (tertiary/aromatic N) is 4. The van der Waals surface area contributed by atoms with Crippen LogP contribution in [0.3, 0.4) is 0 Å². The van der Waals surface area contributed by atoms with E-state index >= 15 is 0 Å². The number of aliphatic imine (C=N–C) groups is 1. The van der Waals surface area contributed by atoms with E-state index in [1.54, 1.807) is 12.1 Å². The molecular weight excluding hydrogens is 621 g/mol. The van der Waals surface area contributed by atoms with Crippen LogP contribution in [0.1, 0.15) is 64.2 Å². The quantitative estimate of drug-likeness (QED) is 0.103. The Bertz CT molecular complexity index is 1420. The third-order valence-electron chi connectivity index (χ3n) is 8.91. The van der Waals surface area contributed by atoms with Gasteiger partial charge < -0.3 is 34.7 Å². The summed E-state index contributed by atoms with van der Waals surface area (Å²) in [4.78, 5) is 33.6. The summed E-state index contributed by atoms with van der Waals surface area (Å²) in [6.45, 7) is 2.84. The first-order valence-corrected chi connectivity index (χ1v) is 17.3. The minimum absolute atomic E-state index is 0.206. The molecule has 1 aliphatic heterocycles. The molecule has 5 rings (SSSR count). The van der Waals surface area contributed by atoms with E-state index in [1.165, 1.54) is 38.0 Å². The number of rotatable bonds is 15. The van der Waals surface area contributed by atoms with Crippen molar-refractivity contribution in [2.75, 3.05) is 32.6 Å². The first-order valence-electron chi connectivity index (χ1n) is 15.6. The maximum atomic E-state index is 14.3. The van der Waals surface area contributed by atoms with Crippen molar-refractivity contribution in [3.63, 3.8) is 0 Å². The van der Waals surface area contributed by atoms with E-state index in [0.717, 1.165) is 38.5 Å². The van der Waals surface area contributed by atoms with E-state index in [1.807, 2.05) is 0 Å². The Kier molecular flexibility index (Phi) is 10.8. The van der Waals surface area contributed by atoms with Crippen molar-refractivity contribution in [2.24, 2.45) is 16.8 Å². The van der Waals surface area contributed by atoms with Crippen molar-refractivity contribution in [1.29, 1.82) is 0 Å². The van der Waals surface area contributed by atoms with Crippen LogP contribution in [-0.4, -0.2) is 99.7 Å². The van der Waals surface area contributed by atoms with Crippen molar-refractivity contribution in [2.45, 2.75) is 88.4 Å². The number of anilines is 1. The molecule has 46 heavy (non-hydrogen) atoms. The molecule has 3 fully saturated rings. The smallest absolute Gasteiger partial charge is 0.342 e. The van der Waals surface area contributed by atoms with Gasteiger partial charge in [-0.15, -0.1) is 0 Å². The summed E-state index contributed by atoms with van der Waals surface area (Å²) >= 11 is 0. The van der Waals surface area contributed by atoms with Crippen LogP contribution >= 0.6 is 7.67 Å². The number of fused-ring (bicyclic) bond motifs is 1. The third-order valence-corrected chi connectivity index (χ3v) is 10.9. The number of hydrogen-bond acceptors (Lipinski definition) is 13. The van der Waals surface area contributed by atoms with Gasteiger partial charge in [-0.3, -0.25) is 19.1 Å². The highest BCUT2D eigenvalue weighted by molar-refractivity contribution is 7.54. The molecule has 0 unspecified atom stereocenters. The second-order valence-electron chi connectivity index (χ2n) is 12.4. The van der Waals surface area contributed by atoms with Crippen molar-refractivity contribution in [3.8, 4) is 0 Å². The van der Waals surface area contributed by atoms with Crippen LogP contribution in [0.15, 0.2) is 23.5 Å². The maximum Gasteiger partial charge on any atom is 0.342 e. The number of carbonyl (C=O) groups excluding carboxylic acids is 2. The summed E-state index contributed by atoms with van der Waals surface area (Å²) in [7, 11) is -2.85. The molecule has 2 aromatic rings. The third kappa shape index (κ3) is 7.43. The van der Waals surface area contributed by atoms with E-state index in [0.29, 0.717) is 23.0 Å². The van der Waals surface area contributed by atoms with Crippen LogP contribution in [0.2, 0.25) is 0 Å². The minimum atomic E-state index is -4.29. The number of esters is 2. The maximum absolute atomic E-state index is 14.3.